The summed E-state index contributed by atoms with van der Waals surface area (Å²) in [6, 6.07) is 11.7. The van der Waals surface area contributed by atoms with Gasteiger partial charge in [-0.15, -0.1) is 0 Å². The lowest BCUT2D eigenvalue weighted by Crippen LogP contribution is -2.55. The minimum atomic E-state index is -1.40. The van der Waals surface area contributed by atoms with E-state index in [1.54, 1.807) is 6.92 Å². The highest BCUT2D eigenvalue weighted by atomic mass is 16.5. The first-order valence-electron chi connectivity index (χ1n) is 8.06. The number of hydrogen-bond acceptors (Lipinski definition) is 4. The van der Waals surface area contributed by atoms with Crippen LogP contribution in [-0.2, 0) is 9.53 Å². The lowest BCUT2D eigenvalue weighted by Gasteiger charge is -2.23. The van der Waals surface area contributed by atoms with Gasteiger partial charge < -0.3 is 19.6 Å². The Morgan fingerprint density at radius 3 is 2.68 bits per heavy atom. The van der Waals surface area contributed by atoms with E-state index < -0.39 is 17.4 Å². The number of carboxylic acids is 1. The molecule has 0 spiro atoms. The normalized spacial score (nSPS) is 20.2. The van der Waals surface area contributed by atoms with Crippen LogP contribution in [0.2, 0.25) is 0 Å². The van der Waals surface area contributed by atoms with E-state index in [4.69, 9.17) is 9.15 Å². The Kier molecular flexibility index (Phi) is 3.51. The molecule has 1 atom stereocenters. The summed E-state index contributed by atoms with van der Waals surface area (Å²) in [5, 5.41) is 14.9. The predicted molar refractivity (Wildman–Crippen MR) is 91.7 cm³/mol. The lowest BCUT2D eigenvalue weighted by atomic mass is 9.98. The van der Waals surface area contributed by atoms with Gasteiger partial charge in [0.1, 0.15) is 5.58 Å². The fraction of sp³-hybridized carbons (Fsp3) is 0.263. The van der Waals surface area contributed by atoms with E-state index in [1.807, 2.05) is 36.4 Å². The molecule has 25 heavy (non-hydrogen) atoms. The number of carboxylic acid groups (broad SMARTS) is 1. The SMILES string of the molecule is Cc1c(C(=O)NC2(C(=O)O)CCOC2)oc2c1ccc1ccccc12. The second kappa shape index (κ2) is 5.60. The van der Waals surface area contributed by atoms with Crippen molar-refractivity contribution < 1.29 is 23.8 Å². The number of carbonyl (C=O) groups excluding carboxylic acids is 1. The molecular formula is C19H17NO5. The van der Waals surface area contributed by atoms with Crippen LogP contribution in [0.25, 0.3) is 21.7 Å². The van der Waals surface area contributed by atoms with Gasteiger partial charge in [-0.3, -0.25) is 4.79 Å². The van der Waals surface area contributed by atoms with Gasteiger partial charge in [-0.1, -0.05) is 36.4 Å². The number of hydrogen-bond donors (Lipinski definition) is 2. The summed E-state index contributed by atoms with van der Waals surface area (Å²) in [5.74, 6) is -1.50. The number of furan rings is 1. The van der Waals surface area contributed by atoms with Crippen molar-refractivity contribution in [3.05, 3.63) is 47.7 Å². The van der Waals surface area contributed by atoms with Crippen LogP contribution in [0.4, 0.5) is 0 Å². The van der Waals surface area contributed by atoms with Crippen LogP contribution in [0.1, 0.15) is 22.5 Å². The van der Waals surface area contributed by atoms with Crippen LogP contribution in [-0.4, -0.2) is 35.7 Å². The molecule has 2 N–H and O–H groups in total. The molecule has 1 fully saturated rings. The van der Waals surface area contributed by atoms with Crippen molar-refractivity contribution in [2.75, 3.05) is 13.2 Å². The molecule has 1 aliphatic rings. The molecule has 1 aliphatic heterocycles. The van der Waals surface area contributed by atoms with E-state index in [0.29, 0.717) is 17.8 Å². The molecule has 0 bridgehead atoms. The van der Waals surface area contributed by atoms with Crippen LogP contribution in [0.3, 0.4) is 0 Å². The van der Waals surface area contributed by atoms with Crippen LogP contribution < -0.4 is 5.32 Å². The topological polar surface area (TPSA) is 88.8 Å². The molecule has 1 saturated heterocycles. The van der Waals surface area contributed by atoms with Crippen molar-refractivity contribution in [3.63, 3.8) is 0 Å². The Hall–Kier alpha value is -2.86. The molecule has 3 aromatic rings. The number of aliphatic carboxylic acids is 1. The third-order valence-electron chi connectivity index (χ3n) is 4.82. The number of benzene rings is 2. The highest BCUT2D eigenvalue weighted by Gasteiger charge is 2.44. The quantitative estimate of drug-likeness (QED) is 0.766. The largest absolute Gasteiger partial charge is 0.479 e. The number of ether oxygens (including phenoxy) is 1. The summed E-state index contributed by atoms with van der Waals surface area (Å²) in [4.78, 5) is 24.3. The first-order chi connectivity index (χ1) is 12.0. The average Bonchev–Trinajstić information content (AvgIpc) is 3.21. The molecule has 0 radical (unpaired) electrons. The van der Waals surface area contributed by atoms with Gasteiger partial charge in [-0.25, -0.2) is 4.79 Å². The van der Waals surface area contributed by atoms with Gasteiger partial charge in [0.25, 0.3) is 5.91 Å². The Morgan fingerprint density at radius 2 is 1.96 bits per heavy atom. The van der Waals surface area contributed by atoms with Crippen molar-refractivity contribution in [2.45, 2.75) is 18.9 Å². The Morgan fingerprint density at radius 1 is 1.16 bits per heavy atom. The second-order valence-corrected chi connectivity index (χ2v) is 6.36. The summed E-state index contributed by atoms with van der Waals surface area (Å²) < 4.78 is 11.0. The van der Waals surface area contributed by atoms with Gasteiger partial charge in [-0.05, 0) is 12.3 Å². The minimum Gasteiger partial charge on any atom is -0.479 e. The van der Waals surface area contributed by atoms with Gasteiger partial charge in [0.05, 0.1) is 6.61 Å². The van der Waals surface area contributed by atoms with E-state index in [2.05, 4.69) is 5.32 Å². The summed E-state index contributed by atoms with van der Waals surface area (Å²) in [6.45, 7) is 2.06. The fourth-order valence-electron chi connectivity index (χ4n) is 3.33. The standard InChI is InChI=1S/C19H17NO5/c1-11-13-7-6-12-4-2-3-5-14(12)16(13)25-15(11)17(21)20-19(18(22)23)8-9-24-10-19/h2-7H,8-10H2,1H3,(H,20,21)(H,22,23). The zero-order chi connectivity index (χ0) is 17.6. The lowest BCUT2D eigenvalue weighted by molar-refractivity contribution is -0.144. The third kappa shape index (κ3) is 2.37. The maximum Gasteiger partial charge on any atom is 0.331 e. The summed E-state index contributed by atoms with van der Waals surface area (Å²) >= 11 is 0. The molecule has 0 aliphatic carbocycles. The highest BCUT2D eigenvalue weighted by Crippen LogP contribution is 2.32. The highest BCUT2D eigenvalue weighted by molar-refractivity contribution is 6.09. The maximum atomic E-state index is 12.7. The van der Waals surface area contributed by atoms with Crippen LogP contribution >= 0.6 is 0 Å². The molecule has 1 unspecified atom stereocenters. The molecule has 6 heteroatoms. The van der Waals surface area contributed by atoms with Crippen molar-refractivity contribution in [2.24, 2.45) is 0 Å². The molecule has 6 nitrogen and oxygen atoms in total. The van der Waals surface area contributed by atoms with E-state index in [0.717, 1.165) is 16.2 Å². The van der Waals surface area contributed by atoms with Gasteiger partial charge in [0.15, 0.2) is 11.3 Å². The molecule has 4 rings (SSSR count). The molecule has 1 aromatic heterocycles. The number of nitrogens with one attached hydrogen (secondary N) is 1. The minimum absolute atomic E-state index is 0.0454. The van der Waals surface area contributed by atoms with Gasteiger partial charge in [-0.2, -0.15) is 0 Å². The molecule has 128 valence electrons. The average molecular weight is 339 g/mol. The molecule has 1 amide bonds. The molecule has 0 saturated carbocycles. The maximum absolute atomic E-state index is 12.7. The number of rotatable bonds is 3. The molecule has 2 heterocycles. The number of aryl methyl sites for hydroxylation is 1. The van der Waals surface area contributed by atoms with E-state index in [1.165, 1.54) is 0 Å². The Labute approximate surface area is 143 Å². The van der Waals surface area contributed by atoms with Gasteiger partial charge >= 0.3 is 5.97 Å². The van der Waals surface area contributed by atoms with Crippen molar-refractivity contribution in [3.8, 4) is 0 Å². The van der Waals surface area contributed by atoms with Gasteiger partial charge in [0.2, 0.25) is 0 Å². The van der Waals surface area contributed by atoms with Gasteiger partial charge in [0, 0.05) is 29.4 Å². The van der Waals surface area contributed by atoms with E-state index in [-0.39, 0.29) is 18.8 Å². The number of amides is 1. The summed E-state index contributed by atoms with van der Waals surface area (Å²) in [7, 11) is 0. The monoisotopic (exact) mass is 339 g/mol. The van der Waals surface area contributed by atoms with E-state index in [9.17, 15) is 14.7 Å². The summed E-state index contributed by atoms with van der Waals surface area (Å²) in [5.41, 5.74) is -0.0737. The number of carbonyl (C=O) groups is 2. The first kappa shape index (κ1) is 15.7. The van der Waals surface area contributed by atoms with E-state index >= 15 is 0 Å². The smallest absolute Gasteiger partial charge is 0.331 e. The zero-order valence-corrected chi connectivity index (χ0v) is 13.7. The van der Waals surface area contributed by atoms with Crippen molar-refractivity contribution in [1.29, 1.82) is 0 Å². The fourth-order valence-corrected chi connectivity index (χ4v) is 3.33. The molecule has 2 aromatic carbocycles. The predicted octanol–water partition coefficient (Wildman–Crippen LogP) is 2.87. The second-order valence-electron chi connectivity index (χ2n) is 6.36. The third-order valence-corrected chi connectivity index (χ3v) is 4.82. The van der Waals surface area contributed by atoms with Crippen LogP contribution in [0, 0.1) is 6.92 Å². The zero-order valence-electron chi connectivity index (χ0n) is 13.7. The van der Waals surface area contributed by atoms with Crippen LogP contribution in [0.15, 0.2) is 40.8 Å². The van der Waals surface area contributed by atoms with Crippen molar-refractivity contribution in [1.82, 2.24) is 5.32 Å². The Balaban J connectivity index is 1.78. The molecular weight excluding hydrogens is 322 g/mol. The first-order valence-corrected chi connectivity index (χ1v) is 8.06. The Bertz CT molecular complexity index is 998. The van der Waals surface area contributed by atoms with Crippen LogP contribution in [0.5, 0.6) is 0 Å². The summed E-state index contributed by atoms with van der Waals surface area (Å²) in [6.07, 6.45) is 0.232. The number of fused-ring (bicyclic) bond motifs is 3. The van der Waals surface area contributed by atoms with Crippen molar-refractivity contribution >= 4 is 33.6 Å².